The Hall–Kier alpha value is 1.54. The first-order valence-corrected chi connectivity index (χ1v) is 7.01. The van der Waals surface area contributed by atoms with Gasteiger partial charge >= 0.3 is 106 Å². The third kappa shape index (κ3) is 12.0. The van der Waals surface area contributed by atoms with Crippen molar-refractivity contribution < 1.29 is 52.1 Å². The smallest absolute Gasteiger partial charge is 0 e. The summed E-state index contributed by atoms with van der Waals surface area (Å²) in [5.74, 6) is 0. The van der Waals surface area contributed by atoms with Gasteiger partial charge in [0.2, 0.25) is 0 Å². The first-order valence-electron chi connectivity index (χ1n) is 5.54. The van der Waals surface area contributed by atoms with Crippen LogP contribution in [0.15, 0.2) is 0 Å². The van der Waals surface area contributed by atoms with Crippen LogP contribution in [0.25, 0.3) is 5.32 Å². The molecule has 16 heavy (non-hydrogen) atoms. The Morgan fingerprint density at radius 3 is 2.25 bits per heavy atom. The zero-order valence-corrected chi connectivity index (χ0v) is 16.8. The van der Waals surface area contributed by atoms with Crippen LogP contribution in [0.4, 0.5) is 0 Å². The van der Waals surface area contributed by atoms with E-state index in [1.54, 1.807) is 19.4 Å². The molecule has 0 saturated heterocycles. The van der Waals surface area contributed by atoms with Crippen molar-refractivity contribution in [2.24, 2.45) is 0 Å². The Kier molecular flexibility index (Phi) is 16.1. The molecule has 1 radical (unpaired) electrons. The molecule has 93 valence electrons. The van der Waals surface area contributed by atoms with Crippen LogP contribution in [-0.2, 0) is 52.1 Å². The second kappa shape index (κ2) is 13.0. The molecule has 3 nitrogen and oxygen atoms in total. The normalized spacial score (nSPS) is 10.6. The van der Waals surface area contributed by atoms with Crippen molar-refractivity contribution in [1.82, 2.24) is 9.80 Å². The molecule has 0 fully saturated rings. The Morgan fingerprint density at radius 2 is 1.75 bits per heavy atom. The third-order valence-electron chi connectivity index (χ3n) is 2.40. The first-order chi connectivity index (χ1) is 7.10. The van der Waals surface area contributed by atoms with E-state index in [-0.39, 0.29) is 32.7 Å². The largest absolute Gasteiger partial charge is 0 e. The fourth-order valence-electron chi connectivity index (χ4n) is 1.38. The SMILES string of the molecule is CCN(C)CCCN(C)C[C](=[W])C[N-]C.[Y]. The Labute approximate surface area is 137 Å². The van der Waals surface area contributed by atoms with Crippen molar-refractivity contribution in [3.63, 3.8) is 0 Å². The molecule has 0 aliphatic heterocycles. The molecule has 0 aliphatic carbocycles. The van der Waals surface area contributed by atoms with E-state index in [1.807, 2.05) is 7.05 Å². The number of hydrogen-bond donors (Lipinski definition) is 0. The van der Waals surface area contributed by atoms with E-state index in [0.717, 1.165) is 19.6 Å². The molecule has 0 aliphatic rings. The molecule has 0 rings (SSSR count). The molecule has 0 heterocycles. The van der Waals surface area contributed by atoms with Gasteiger partial charge in [-0.1, -0.05) is 0 Å². The van der Waals surface area contributed by atoms with Crippen molar-refractivity contribution >= 4 is 3.90 Å². The summed E-state index contributed by atoms with van der Waals surface area (Å²) in [5, 5.41) is 4.16. The van der Waals surface area contributed by atoms with Crippen LogP contribution in [0.2, 0.25) is 0 Å². The topological polar surface area (TPSA) is 20.6 Å². The molecule has 0 unspecified atom stereocenters. The summed E-state index contributed by atoms with van der Waals surface area (Å²) in [6, 6.07) is 0. The maximum Gasteiger partial charge on any atom is 0 e. The second-order valence-electron chi connectivity index (χ2n) is 4.00. The molecule has 0 aromatic carbocycles. The summed E-state index contributed by atoms with van der Waals surface area (Å²) in [6.07, 6.45) is 1.26. The summed E-state index contributed by atoms with van der Waals surface area (Å²) < 4.78 is 1.53. The number of nitrogens with zero attached hydrogens (tertiary/aromatic N) is 3. The minimum Gasteiger partial charge on any atom is 0 e. The van der Waals surface area contributed by atoms with Gasteiger partial charge in [-0.2, -0.15) is 0 Å². The Bertz CT molecular complexity index is 179. The minimum absolute atomic E-state index is 0. The van der Waals surface area contributed by atoms with Crippen LogP contribution in [0.1, 0.15) is 13.3 Å². The van der Waals surface area contributed by atoms with Gasteiger partial charge in [-0.05, 0) is 0 Å². The zero-order valence-electron chi connectivity index (χ0n) is 11.1. The molecule has 0 aromatic heterocycles. The Morgan fingerprint density at radius 1 is 1.19 bits per heavy atom. The van der Waals surface area contributed by atoms with Crippen molar-refractivity contribution in [1.29, 1.82) is 0 Å². The van der Waals surface area contributed by atoms with E-state index >= 15 is 0 Å². The van der Waals surface area contributed by atoms with Crippen LogP contribution in [0, 0.1) is 0 Å². The predicted octanol–water partition coefficient (Wildman–Crippen LogP) is 0.980. The van der Waals surface area contributed by atoms with Gasteiger partial charge in [0.25, 0.3) is 0 Å². The van der Waals surface area contributed by atoms with Gasteiger partial charge in [0, 0.05) is 32.7 Å². The van der Waals surface area contributed by atoms with Crippen molar-refractivity contribution in [3.8, 4) is 0 Å². The molecule has 5 heteroatoms. The molecular formula is C11H24N3WY-. The summed E-state index contributed by atoms with van der Waals surface area (Å²) in [4.78, 5) is 4.76. The van der Waals surface area contributed by atoms with E-state index in [4.69, 9.17) is 0 Å². The maximum absolute atomic E-state index is 4.16. The van der Waals surface area contributed by atoms with E-state index < -0.39 is 0 Å². The number of hydrogen-bond acceptors (Lipinski definition) is 2. The molecule has 0 aromatic rings. The second-order valence-corrected chi connectivity index (χ2v) is 6.07. The zero-order chi connectivity index (χ0) is 11.7. The fourth-order valence-corrected chi connectivity index (χ4v) is 2.63. The molecule has 0 spiro atoms. The summed E-state index contributed by atoms with van der Waals surface area (Å²) >= 11 is 1.58. The first kappa shape index (κ1) is 19.9. The van der Waals surface area contributed by atoms with Crippen LogP contribution in [0.5, 0.6) is 0 Å². The van der Waals surface area contributed by atoms with Crippen LogP contribution in [0.3, 0.4) is 0 Å². The van der Waals surface area contributed by atoms with Gasteiger partial charge in [0.15, 0.2) is 0 Å². The average molecular weight is 471 g/mol. The summed E-state index contributed by atoms with van der Waals surface area (Å²) in [5.41, 5.74) is 0. The fraction of sp³-hybridized carbons (Fsp3) is 0.909. The van der Waals surface area contributed by atoms with E-state index in [0.29, 0.717) is 0 Å². The van der Waals surface area contributed by atoms with Crippen LogP contribution in [-0.4, -0.2) is 67.6 Å². The van der Waals surface area contributed by atoms with Gasteiger partial charge in [-0.3, -0.25) is 0 Å². The molecular weight excluding hydrogens is 447 g/mol. The van der Waals surface area contributed by atoms with E-state index in [2.05, 4.69) is 36.1 Å². The quantitative estimate of drug-likeness (QED) is 0.501. The van der Waals surface area contributed by atoms with Crippen molar-refractivity contribution in [3.05, 3.63) is 5.32 Å². The van der Waals surface area contributed by atoms with Gasteiger partial charge in [-0.25, -0.2) is 0 Å². The summed E-state index contributed by atoms with van der Waals surface area (Å²) in [7, 11) is 6.27. The van der Waals surface area contributed by atoms with Crippen LogP contribution < -0.4 is 0 Å². The van der Waals surface area contributed by atoms with Crippen molar-refractivity contribution in [2.75, 3.05) is 53.9 Å². The Balaban J connectivity index is 0. The van der Waals surface area contributed by atoms with E-state index in [9.17, 15) is 0 Å². The van der Waals surface area contributed by atoms with Crippen molar-refractivity contribution in [2.45, 2.75) is 13.3 Å². The van der Waals surface area contributed by atoms with Crippen LogP contribution >= 0.6 is 0 Å². The van der Waals surface area contributed by atoms with E-state index in [1.165, 1.54) is 23.4 Å². The molecule has 0 bridgehead atoms. The predicted molar refractivity (Wildman–Crippen MR) is 64.4 cm³/mol. The molecule has 0 atom stereocenters. The monoisotopic (exact) mass is 471 g/mol. The van der Waals surface area contributed by atoms with Gasteiger partial charge in [-0.15, -0.1) is 0 Å². The summed E-state index contributed by atoms with van der Waals surface area (Å²) in [6.45, 7) is 7.79. The van der Waals surface area contributed by atoms with Gasteiger partial charge in [0.05, 0.1) is 0 Å². The maximum atomic E-state index is 4.16. The third-order valence-corrected chi connectivity index (χ3v) is 3.33. The molecule has 0 amide bonds. The standard InChI is InChI=1S/C11H24N3.W.Y/c1-5-13(3)10-7-11-14(4)9-6-8-12-2;;/h5,7-11H2,1-4H3;;/q-1;;. The van der Waals surface area contributed by atoms with Gasteiger partial charge in [0.1, 0.15) is 0 Å². The molecule has 0 saturated carbocycles. The number of rotatable bonds is 9. The minimum atomic E-state index is 0. The van der Waals surface area contributed by atoms with Gasteiger partial charge < -0.3 is 0 Å². The average Bonchev–Trinajstić information content (AvgIpc) is 2.17. The molecule has 0 N–H and O–H groups in total.